The molecule has 2 fully saturated rings. The molecule has 0 aliphatic heterocycles. The summed E-state index contributed by atoms with van der Waals surface area (Å²) in [7, 11) is 0. The van der Waals surface area contributed by atoms with Crippen molar-refractivity contribution in [1.82, 2.24) is 0 Å². The Balaban J connectivity index is 1.21. The van der Waals surface area contributed by atoms with Crippen molar-refractivity contribution in [2.45, 2.75) is 84.0 Å². The summed E-state index contributed by atoms with van der Waals surface area (Å²) in [6.45, 7) is 2.71. The van der Waals surface area contributed by atoms with Gasteiger partial charge in [0.2, 0.25) is 0 Å². The van der Waals surface area contributed by atoms with Crippen LogP contribution in [0.3, 0.4) is 0 Å². The quantitative estimate of drug-likeness (QED) is 0.463. The molecule has 0 bridgehead atoms. The summed E-state index contributed by atoms with van der Waals surface area (Å²) in [5.41, 5.74) is 5.39. The minimum atomic E-state index is 0.268. The summed E-state index contributed by atoms with van der Waals surface area (Å²) in [5, 5.41) is 8.99. The lowest BCUT2D eigenvalue weighted by atomic mass is 9.69. The molecule has 1 N–H and O–H groups in total. The van der Waals surface area contributed by atoms with E-state index in [1.807, 2.05) is 0 Å². The third-order valence-corrected chi connectivity index (χ3v) is 8.32. The highest BCUT2D eigenvalue weighted by Gasteiger charge is 2.29. The van der Waals surface area contributed by atoms with Gasteiger partial charge in [0.25, 0.3) is 0 Å². The Hall–Kier alpha value is -1.60. The van der Waals surface area contributed by atoms with E-state index in [4.69, 9.17) is 5.11 Å². The average molecular weight is 419 g/mol. The van der Waals surface area contributed by atoms with Gasteiger partial charge in [-0.2, -0.15) is 0 Å². The summed E-state index contributed by atoms with van der Waals surface area (Å²) < 4.78 is 0. The van der Waals surface area contributed by atoms with Crippen molar-refractivity contribution in [3.05, 3.63) is 59.7 Å². The molecule has 1 nitrogen and oxygen atoms in total. The fourth-order valence-electron chi connectivity index (χ4n) is 6.09. The number of hydrogen-bond acceptors (Lipinski definition) is 1. The van der Waals surface area contributed by atoms with E-state index in [0.29, 0.717) is 0 Å². The van der Waals surface area contributed by atoms with Gasteiger partial charge in [-0.3, -0.25) is 0 Å². The van der Waals surface area contributed by atoms with Crippen LogP contribution >= 0.6 is 0 Å². The van der Waals surface area contributed by atoms with Gasteiger partial charge in [-0.15, -0.1) is 0 Å². The summed E-state index contributed by atoms with van der Waals surface area (Å²) in [5.74, 6) is 4.02. The Morgan fingerprint density at radius 3 is 1.65 bits per heavy atom. The summed E-state index contributed by atoms with van der Waals surface area (Å²) in [6.07, 6.45) is 16.3. The van der Waals surface area contributed by atoms with Gasteiger partial charge in [0.15, 0.2) is 0 Å². The van der Waals surface area contributed by atoms with Crippen LogP contribution in [0.5, 0.6) is 0 Å². The van der Waals surface area contributed by atoms with Gasteiger partial charge >= 0.3 is 0 Å². The van der Waals surface area contributed by atoms with Crippen molar-refractivity contribution in [2.75, 3.05) is 6.61 Å². The number of hydrogen-bond donors (Lipinski definition) is 1. The lowest BCUT2D eigenvalue weighted by molar-refractivity contribution is 0.148. The summed E-state index contributed by atoms with van der Waals surface area (Å²) in [4.78, 5) is 0. The van der Waals surface area contributed by atoms with Gasteiger partial charge in [0.1, 0.15) is 0 Å². The largest absolute Gasteiger partial charge is 0.396 e. The highest BCUT2D eigenvalue weighted by molar-refractivity contribution is 5.64. The van der Waals surface area contributed by atoms with E-state index in [-0.39, 0.29) is 6.61 Å². The van der Waals surface area contributed by atoms with E-state index in [1.54, 1.807) is 0 Å². The standard InChI is InChI=1S/C30H42O/c1-23-4-14-27(15-5-23)28-18-10-25(11-19-28)6-7-26-12-20-30(21-13-26)29-16-8-24(9-17-29)3-2-22-31/h8-9,12-13,16-17,20-21,23,25,27-28,31H,2-7,10-11,14-15,18-19,22H2,1H3. The molecule has 0 unspecified atom stereocenters. The molecule has 2 aromatic rings. The monoisotopic (exact) mass is 418 g/mol. The first-order valence-electron chi connectivity index (χ1n) is 13.0. The SMILES string of the molecule is CC1CCC(C2CCC(CCc3ccc(-c4ccc(CCCO)cc4)cc3)CC2)CC1. The molecule has 0 radical (unpaired) electrons. The van der Waals surface area contributed by atoms with E-state index in [9.17, 15) is 0 Å². The number of benzene rings is 2. The van der Waals surface area contributed by atoms with E-state index < -0.39 is 0 Å². The first-order chi connectivity index (χ1) is 15.2. The third kappa shape index (κ3) is 6.45. The molecule has 0 saturated heterocycles. The highest BCUT2D eigenvalue weighted by Crippen LogP contribution is 2.42. The number of aliphatic hydroxyl groups excluding tert-OH is 1. The molecule has 1 heteroatoms. The molecule has 31 heavy (non-hydrogen) atoms. The fourth-order valence-corrected chi connectivity index (χ4v) is 6.09. The number of rotatable bonds is 8. The molecule has 2 aliphatic carbocycles. The predicted molar refractivity (Wildman–Crippen MR) is 132 cm³/mol. The van der Waals surface area contributed by atoms with Gasteiger partial charge in [-0.05, 0) is 97.3 Å². The maximum Gasteiger partial charge on any atom is 0.0434 e. The molecule has 168 valence electrons. The zero-order chi connectivity index (χ0) is 21.5. The highest BCUT2D eigenvalue weighted by atomic mass is 16.2. The van der Waals surface area contributed by atoms with Crippen LogP contribution in [0.4, 0.5) is 0 Å². The molecule has 0 atom stereocenters. The average Bonchev–Trinajstić information content (AvgIpc) is 2.83. The second-order valence-corrected chi connectivity index (χ2v) is 10.6. The number of aryl methyl sites for hydroxylation is 2. The Labute approximate surface area is 190 Å². The van der Waals surface area contributed by atoms with Crippen molar-refractivity contribution >= 4 is 0 Å². The molecule has 2 aromatic carbocycles. The Kier molecular flexibility index (Phi) is 8.25. The minimum absolute atomic E-state index is 0.268. The van der Waals surface area contributed by atoms with Crippen LogP contribution in [0.1, 0.15) is 82.3 Å². The molecule has 2 saturated carbocycles. The second kappa shape index (κ2) is 11.3. The molecule has 4 rings (SSSR count). The van der Waals surface area contributed by atoms with Crippen LogP contribution in [-0.4, -0.2) is 11.7 Å². The molecular weight excluding hydrogens is 376 g/mol. The van der Waals surface area contributed by atoms with Crippen LogP contribution in [0.2, 0.25) is 0 Å². The van der Waals surface area contributed by atoms with E-state index in [2.05, 4.69) is 55.5 Å². The van der Waals surface area contributed by atoms with Crippen molar-refractivity contribution in [3.63, 3.8) is 0 Å². The normalized spacial score (nSPS) is 26.6. The molecule has 2 aliphatic rings. The van der Waals surface area contributed by atoms with Crippen LogP contribution in [0.15, 0.2) is 48.5 Å². The van der Waals surface area contributed by atoms with E-state index >= 15 is 0 Å². The molecular formula is C30H42O. The Morgan fingerprint density at radius 1 is 0.645 bits per heavy atom. The van der Waals surface area contributed by atoms with Crippen LogP contribution in [0.25, 0.3) is 11.1 Å². The van der Waals surface area contributed by atoms with Gasteiger partial charge in [0, 0.05) is 6.61 Å². The van der Waals surface area contributed by atoms with Crippen LogP contribution < -0.4 is 0 Å². The number of aliphatic hydroxyl groups is 1. The molecule has 0 amide bonds. The van der Waals surface area contributed by atoms with Gasteiger partial charge in [-0.1, -0.05) is 81.1 Å². The van der Waals surface area contributed by atoms with Crippen LogP contribution in [-0.2, 0) is 12.8 Å². The minimum Gasteiger partial charge on any atom is -0.396 e. The molecule has 0 heterocycles. The lowest BCUT2D eigenvalue weighted by Crippen LogP contribution is -2.25. The zero-order valence-electron chi connectivity index (χ0n) is 19.6. The van der Waals surface area contributed by atoms with Crippen LogP contribution in [0, 0.1) is 23.7 Å². The maximum absolute atomic E-state index is 8.99. The van der Waals surface area contributed by atoms with Crippen molar-refractivity contribution in [1.29, 1.82) is 0 Å². The topological polar surface area (TPSA) is 20.2 Å². The Bertz CT molecular complexity index is 759. The maximum atomic E-state index is 8.99. The zero-order valence-corrected chi connectivity index (χ0v) is 19.6. The van der Waals surface area contributed by atoms with Gasteiger partial charge in [-0.25, -0.2) is 0 Å². The summed E-state index contributed by atoms with van der Waals surface area (Å²) >= 11 is 0. The predicted octanol–water partition coefficient (Wildman–Crippen LogP) is 7.84. The lowest BCUT2D eigenvalue weighted by Gasteiger charge is -2.37. The Morgan fingerprint density at radius 2 is 1.13 bits per heavy atom. The van der Waals surface area contributed by atoms with E-state index in [1.165, 1.54) is 86.5 Å². The molecule has 0 aromatic heterocycles. The van der Waals surface area contributed by atoms with E-state index in [0.717, 1.165) is 36.5 Å². The van der Waals surface area contributed by atoms with Crippen molar-refractivity contribution < 1.29 is 5.11 Å². The third-order valence-electron chi connectivity index (χ3n) is 8.32. The van der Waals surface area contributed by atoms with Crippen molar-refractivity contribution in [3.8, 4) is 11.1 Å². The first-order valence-corrected chi connectivity index (χ1v) is 13.0. The summed E-state index contributed by atoms with van der Waals surface area (Å²) in [6, 6.07) is 18.1. The first kappa shape index (κ1) is 22.6. The molecule has 0 spiro atoms. The second-order valence-electron chi connectivity index (χ2n) is 10.6. The fraction of sp³-hybridized carbons (Fsp3) is 0.600. The smallest absolute Gasteiger partial charge is 0.0434 e. The van der Waals surface area contributed by atoms with Gasteiger partial charge < -0.3 is 5.11 Å². The van der Waals surface area contributed by atoms with Gasteiger partial charge in [0.05, 0.1) is 0 Å². The van der Waals surface area contributed by atoms with Crippen molar-refractivity contribution in [2.24, 2.45) is 23.7 Å².